The van der Waals surface area contributed by atoms with Gasteiger partial charge < -0.3 is 15.6 Å². The van der Waals surface area contributed by atoms with E-state index in [-0.39, 0.29) is 25.1 Å². The number of halogens is 2. The molecule has 0 heterocycles. The maximum absolute atomic E-state index is 13.9. The summed E-state index contributed by atoms with van der Waals surface area (Å²) in [5, 5.41) is 9.82. The lowest BCUT2D eigenvalue weighted by Crippen LogP contribution is -2.32. The van der Waals surface area contributed by atoms with Crippen LogP contribution in [-0.2, 0) is 16.0 Å². The number of carbonyl (C=O) groups is 1. The molecule has 0 fully saturated rings. The average molecular weight is 380 g/mol. The third-order valence-corrected chi connectivity index (χ3v) is 4.35. The van der Waals surface area contributed by atoms with Crippen molar-refractivity contribution >= 4 is 17.6 Å². The lowest BCUT2D eigenvalue weighted by molar-refractivity contribution is -0.149. The second-order valence-corrected chi connectivity index (χ2v) is 6.59. The molecule has 0 amide bonds. The van der Waals surface area contributed by atoms with Crippen molar-refractivity contribution in [2.75, 3.05) is 13.2 Å². The summed E-state index contributed by atoms with van der Waals surface area (Å²) in [5.41, 5.74) is 8.24. The first kappa shape index (κ1) is 20.4. The van der Waals surface area contributed by atoms with E-state index in [1.165, 1.54) is 12.1 Å². The molecule has 4 nitrogen and oxygen atoms in total. The first-order chi connectivity index (χ1) is 12.4. The standard InChI is InChI=1S/C20H23ClFNO3/c1-2-26-20(25)15(12-24)10-17(23)9-13-3-5-14(6-4-13)18-11-16(21)7-8-19(18)22/h3-8,11,15,17,24H,2,9-10,12,23H2,1H3/t15-,17+/m0/s1. The van der Waals surface area contributed by atoms with Crippen LogP contribution in [0.3, 0.4) is 0 Å². The van der Waals surface area contributed by atoms with Crippen LogP contribution in [0.15, 0.2) is 42.5 Å². The zero-order valence-electron chi connectivity index (χ0n) is 14.6. The maximum atomic E-state index is 13.9. The van der Waals surface area contributed by atoms with E-state index in [0.29, 0.717) is 23.4 Å². The number of benzene rings is 2. The Bertz CT molecular complexity index is 736. The van der Waals surface area contributed by atoms with Crippen LogP contribution in [0, 0.1) is 11.7 Å². The van der Waals surface area contributed by atoms with E-state index >= 15 is 0 Å². The van der Waals surface area contributed by atoms with Crippen molar-refractivity contribution in [2.45, 2.75) is 25.8 Å². The minimum Gasteiger partial charge on any atom is -0.466 e. The fourth-order valence-electron chi connectivity index (χ4n) is 2.80. The van der Waals surface area contributed by atoms with Crippen molar-refractivity contribution in [1.82, 2.24) is 0 Å². The van der Waals surface area contributed by atoms with Gasteiger partial charge in [-0.3, -0.25) is 4.79 Å². The Labute approximate surface area is 157 Å². The zero-order valence-corrected chi connectivity index (χ0v) is 15.4. The number of aliphatic hydroxyl groups is 1. The molecule has 0 bridgehead atoms. The minimum absolute atomic E-state index is 0.270. The summed E-state index contributed by atoms with van der Waals surface area (Å²) in [6.07, 6.45) is 0.869. The summed E-state index contributed by atoms with van der Waals surface area (Å²) in [4.78, 5) is 11.7. The first-order valence-corrected chi connectivity index (χ1v) is 8.89. The molecule has 0 aromatic heterocycles. The van der Waals surface area contributed by atoms with Gasteiger partial charge >= 0.3 is 5.97 Å². The van der Waals surface area contributed by atoms with E-state index in [2.05, 4.69) is 0 Å². The molecule has 26 heavy (non-hydrogen) atoms. The highest BCUT2D eigenvalue weighted by atomic mass is 35.5. The lowest BCUT2D eigenvalue weighted by atomic mass is 9.95. The second kappa shape index (κ2) is 9.67. The maximum Gasteiger partial charge on any atom is 0.311 e. The molecule has 0 radical (unpaired) electrons. The summed E-state index contributed by atoms with van der Waals surface area (Å²) in [6, 6.07) is 11.5. The highest BCUT2D eigenvalue weighted by molar-refractivity contribution is 6.30. The van der Waals surface area contributed by atoms with E-state index in [9.17, 15) is 14.3 Å². The molecule has 0 aliphatic heterocycles. The topological polar surface area (TPSA) is 72.5 Å². The Kier molecular flexibility index (Phi) is 7.57. The quantitative estimate of drug-likeness (QED) is 0.687. The molecular weight excluding hydrogens is 357 g/mol. The molecule has 3 N–H and O–H groups in total. The third-order valence-electron chi connectivity index (χ3n) is 4.12. The normalized spacial score (nSPS) is 13.3. The number of ether oxygens (including phenoxy) is 1. The Hall–Kier alpha value is -1.95. The van der Waals surface area contributed by atoms with E-state index in [1.54, 1.807) is 13.0 Å². The number of carbonyl (C=O) groups excluding carboxylic acids is 1. The van der Waals surface area contributed by atoms with Crippen LogP contribution in [-0.4, -0.2) is 30.3 Å². The fourth-order valence-corrected chi connectivity index (χ4v) is 2.97. The third kappa shape index (κ3) is 5.53. The summed E-state index contributed by atoms with van der Waals surface area (Å²) in [5.74, 6) is -1.39. The van der Waals surface area contributed by atoms with E-state index in [1.807, 2.05) is 24.3 Å². The van der Waals surface area contributed by atoms with Crippen molar-refractivity contribution in [3.63, 3.8) is 0 Å². The molecule has 2 atom stereocenters. The number of hydrogen-bond acceptors (Lipinski definition) is 4. The van der Waals surface area contributed by atoms with Crippen LogP contribution in [0.1, 0.15) is 18.9 Å². The van der Waals surface area contributed by atoms with Gasteiger partial charge in [-0.15, -0.1) is 0 Å². The SMILES string of the molecule is CCOC(=O)[C@H](CO)C[C@H](N)Cc1ccc(-c2cc(Cl)ccc2F)cc1. The molecule has 0 spiro atoms. The van der Waals surface area contributed by atoms with Gasteiger partial charge in [-0.2, -0.15) is 0 Å². The number of nitrogens with two attached hydrogens (primary N) is 1. The van der Waals surface area contributed by atoms with Gasteiger partial charge in [0.25, 0.3) is 0 Å². The van der Waals surface area contributed by atoms with Crippen LogP contribution in [0.4, 0.5) is 4.39 Å². The summed E-state index contributed by atoms with van der Waals surface area (Å²) in [7, 11) is 0. The van der Waals surface area contributed by atoms with Crippen LogP contribution in [0.2, 0.25) is 5.02 Å². The average Bonchev–Trinajstić information content (AvgIpc) is 2.62. The molecule has 0 saturated heterocycles. The first-order valence-electron chi connectivity index (χ1n) is 8.52. The molecule has 0 saturated carbocycles. The fraction of sp³-hybridized carbons (Fsp3) is 0.350. The number of esters is 1. The smallest absolute Gasteiger partial charge is 0.311 e. The Morgan fingerprint density at radius 2 is 1.96 bits per heavy atom. The molecule has 2 aromatic carbocycles. The number of hydrogen-bond donors (Lipinski definition) is 2. The van der Waals surface area contributed by atoms with Crippen molar-refractivity contribution in [1.29, 1.82) is 0 Å². The largest absolute Gasteiger partial charge is 0.466 e. The highest BCUT2D eigenvalue weighted by Crippen LogP contribution is 2.26. The predicted octanol–water partition coefficient (Wildman–Crippen LogP) is 3.58. The van der Waals surface area contributed by atoms with Gasteiger partial charge in [0, 0.05) is 16.6 Å². The summed E-state index contributed by atoms with van der Waals surface area (Å²) in [6.45, 7) is 1.70. The van der Waals surface area contributed by atoms with Gasteiger partial charge in [0.05, 0.1) is 19.1 Å². The predicted molar refractivity (Wildman–Crippen MR) is 100 cm³/mol. The van der Waals surface area contributed by atoms with Gasteiger partial charge in [0.2, 0.25) is 0 Å². The molecular formula is C20H23ClFNO3. The Morgan fingerprint density at radius 1 is 1.27 bits per heavy atom. The molecule has 0 unspecified atom stereocenters. The van der Waals surface area contributed by atoms with Gasteiger partial charge in [-0.05, 0) is 49.1 Å². The molecule has 140 valence electrons. The van der Waals surface area contributed by atoms with Gasteiger partial charge in [0.15, 0.2) is 0 Å². The molecule has 6 heteroatoms. The minimum atomic E-state index is -0.621. The van der Waals surface area contributed by atoms with E-state index < -0.39 is 11.9 Å². The monoisotopic (exact) mass is 379 g/mol. The molecule has 2 aromatic rings. The lowest BCUT2D eigenvalue weighted by Gasteiger charge is -2.18. The van der Waals surface area contributed by atoms with Crippen molar-refractivity contribution in [3.8, 4) is 11.1 Å². The number of aliphatic hydroxyl groups excluding tert-OH is 1. The molecule has 0 aliphatic rings. The van der Waals surface area contributed by atoms with E-state index in [0.717, 1.165) is 11.1 Å². The van der Waals surface area contributed by atoms with Crippen LogP contribution < -0.4 is 5.73 Å². The van der Waals surface area contributed by atoms with Crippen LogP contribution >= 0.6 is 11.6 Å². The van der Waals surface area contributed by atoms with Gasteiger partial charge in [-0.1, -0.05) is 35.9 Å². The summed E-state index contributed by atoms with van der Waals surface area (Å²) < 4.78 is 18.9. The van der Waals surface area contributed by atoms with Crippen LogP contribution in [0.5, 0.6) is 0 Å². The zero-order chi connectivity index (χ0) is 19.1. The highest BCUT2D eigenvalue weighted by Gasteiger charge is 2.22. The molecule has 0 aliphatic carbocycles. The van der Waals surface area contributed by atoms with E-state index in [4.69, 9.17) is 22.1 Å². The van der Waals surface area contributed by atoms with Crippen molar-refractivity contribution in [2.24, 2.45) is 11.7 Å². The van der Waals surface area contributed by atoms with Crippen molar-refractivity contribution < 1.29 is 19.0 Å². The Morgan fingerprint density at radius 3 is 2.58 bits per heavy atom. The molecule has 2 rings (SSSR count). The van der Waals surface area contributed by atoms with Gasteiger partial charge in [0.1, 0.15) is 5.82 Å². The number of rotatable bonds is 8. The second-order valence-electron chi connectivity index (χ2n) is 6.15. The van der Waals surface area contributed by atoms with Crippen molar-refractivity contribution in [3.05, 3.63) is 58.9 Å². The van der Waals surface area contributed by atoms with Crippen LogP contribution in [0.25, 0.3) is 11.1 Å². The van der Waals surface area contributed by atoms with Gasteiger partial charge in [-0.25, -0.2) is 4.39 Å². The summed E-state index contributed by atoms with van der Waals surface area (Å²) >= 11 is 5.94. The Balaban J connectivity index is 2.02.